The number of ether oxygens (including phenoxy) is 1. The van der Waals surface area contributed by atoms with Gasteiger partial charge in [-0.05, 0) is 35.4 Å². The molecule has 1 N–H and O–H groups in total. The summed E-state index contributed by atoms with van der Waals surface area (Å²) in [6.07, 6.45) is -14.8. The second kappa shape index (κ2) is 11.6. The summed E-state index contributed by atoms with van der Waals surface area (Å²) in [5.41, 5.74) is -1.53. The number of hydrogen-bond acceptors (Lipinski definition) is 4. The van der Waals surface area contributed by atoms with Crippen molar-refractivity contribution in [3.05, 3.63) is 94.5 Å². The molecule has 0 saturated carbocycles. The van der Waals surface area contributed by atoms with E-state index in [4.69, 9.17) is 11.6 Å². The van der Waals surface area contributed by atoms with E-state index in [9.17, 15) is 39.9 Å². The molecule has 4 nitrogen and oxygen atoms in total. The highest BCUT2D eigenvalue weighted by Crippen LogP contribution is 2.37. The fraction of sp³-hybridized carbons (Fsp3) is 0.280. The minimum Gasteiger partial charge on any atom is -0.428 e. The first-order chi connectivity index (χ1) is 17.7. The normalized spacial score (nSPS) is 13.8. The number of Topliss-reactive ketones (excluding diaryl/α,β-unsaturated/α-hetero) is 1. The predicted molar refractivity (Wildman–Crippen MR) is 122 cm³/mol. The van der Waals surface area contributed by atoms with E-state index in [1.165, 1.54) is 18.3 Å². The summed E-state index contributed by atoms with van der Waals surface area (Å²) in [6, 6.07) is 13.0. The van der Waals surface area contributed by atoms with Gasteiger partial charge in [-0.1, -0.05) is 41.9 Å². The second-order valence-electron chi connectivity index (χ2n) is 8.25. The predicted octanol–water partition coefficient (Wildman–Crippen LogP) is 6.71. The minimum atomic E-state index is -4.97. The first-order valence-corrected chi connectivity index (χ1v) is 11.2. The molecule has 3 aromatic rings. The van der Waals surface area contributed by atoms with E-state index in [1.807, 2.05) is 0 Å². The van der Waals surface area contributed by atoms with Crippen molar-refractivity contribution in [1.82, 2.24) is 10.3 Å². The minimum absolute atomic E-state index is 0.0164. The third-order valence-electron chi connectivity index (χ3n) is 5.33. The van der Waals surface area contributed by atoms with Gasteiger partial charge in [0.05, 0.1) is 22.8 Å². The van der Waals surface area contributed by atoms with Crippen LogP contribution in [0.15, 0.2) is 66.9 Å². The molecule has 1 aromatic heterocycles. The number of alkyl halides is 7. The Hall–Kier alpha value is -3.25. The standard InChI is InChI=1S/C25H19ClF8N2O2/c26-17-6-7-21(35-13-17)23(11-15-4-2-1-3-5-15,36-14-19(37)12-24(30,31)32)16-8-18(27)10-20(9-16)38-25(33,34)22(28)29/h1-10,13,22,36H,11-12,14H2. The molecular formula is C25H19ClF8N2O2. The molecule has 0 spiro atoms. The van der Waals surface area contributed by atoms with Gasteiger partial charge in [-0.3, -0.25) is 15.1 Å². The van der Waals surface area contributed by atoms with Crippen LogP contribution in [0.5, 0.6) is 5.75 Å². The molecule has 0 aliphatic rings. The fourth-order valence-corrected chi connectivity index (χ4v) is 3.84. The quantitative estimate of drug-likeness (QED) is 0.262. The second-order valence-corrected chi connectivity index (χ2v) is 8.69. The molecule has 2 aromatic carbocycles. The molecule has 0 aliphatic heterocycles. The van der Waals surface area contributed by atoms with Crippen LogP contribution in [0.1, 0.15) is 23.2 Å². The van der Waals surface area contributed by atoms with Crippen LogP contribution < -0.4 is 10.1 Å². The highest BCUT2D eigenvalue weighted by Gasteiger charge is 2.45. The lowest BCUT2D eigenvalue weighted by Gasteiger charge is -2.36. The van der Waals surface area contributed by atoms with E-state index in [0.29, 0.717) is 11.6 Å². The molecule has 1 heterocycles. The number of carbonyl (C=O) groups is 1. The summed E-state index contributed by atoms with van der Waals surface area (Å²) < 4.78 is 110. The van der Waals surface area contributed by atoms with Gasteiger partial charge in [0.25, 0.3) is 0 Å². The van der Waals surface area contributed by atoms with Crippen LogP contribution in [0.2, 0.25) is 5.02 Å². The zero-order valence-corrected chi connectivity index (χ0v) is 20.0. The molecule has 13 heteroatoms. The molecule has 3 rings (SSSR count). The number of nitrogens with zero attached hydrogens (tertiary/aromatic N) is 1. The summed E-state index contributed by atoms with van der Waals surface area (Å²) in [5.74, 6) is -3.45. The highest BCUT2D eigenvalue weighted by atomic mass is 35.5. The molecule has 0 radical (unpaired) electrons. The summed E-state index contributed by atoms with van der Waals surface area (Å²) in [6.45, 7) is -0.892. The van der Waals surface area contributed by atoms with Crippen molar-refractivity contribution in [1.29, 1.82) is 0 Å². The van der Waals surface area contributed by atoms with Gasteiger partial charge in [-0.2, -0.15) is 30.7 Å². The van der Waals surface area contributed by atoms with Crippen molar-refractivity contribution in [2.75, 3.05) is 6.54 Å². The number of rotatable bonds is 11. The average Bonchev–Trinajstić information content (AvgIpc) is 2.81. The molecule has 0 saturated heterocycles. The molecule has 204 valence electrons. The Morgan fingerprint density at radius 3 is 2.26 bits per heavy atom. The zero-order valence-electron chi connectivity index (χ0n) is 19.2. The Labute approximate surface area is 216 Å². The maximum Gasteiger partial charge on any atom is 0.461 e. The van der Waals surface area contributed by atoms with Crippen molar-refractivity contribution in [2.45, 2.75) is 37.1 Å². The van der Waals surface area contributed by atoms with Crippen LogP contribution in [0.25, 0.3) is 0 Å². The molecule has 1 atom stereocenters. The zero-order chi connectivity index (χ0) is 28.1. The van der Waals surface area contributed by atoms with Crippen molar-refractivity contribution in [2.24, 2.45) is 0 Å². The van der Waals surface area contributed by atoms with Gasteiger partial charge in [-0.25, -0.2) is 4.39 Å². The lowest BCUT2D eigenvalue weighted by Crippen LogP contribution is -2.48. The molecule has 38 heavy (non-hydrogen) atoms. The smallest absolute Gasteiger partial charge is 0.428 e. The third-order valence-corrected chi connectivity index (χ3v) is 5.56. The average molecular weight is 567 g/mol. The van der Waals surface area contributed by atoms with Crippen LogP contribution in [0.3, 0.4) is 0 Å². The van der Waals surface area contributed by atoms with Gasteiger partial charge in [0.1, 0.15) is 18.0 Å². The third kappa shape index (κ3) is 7.64. The number of aromatic nitrogens is 1. The Kier molecular flexibility index (Phi) is 8.98. The van der Waals surface area contributed by atoms with Gasteiger partial charge >= 0.3 is 18.7 Å². The first-order valence-electron chi connectivity index (χ1n) is 10.9. The molecule has 0 bridgehead atoms. The maximum atomic E-state index is 14.7. The first kappa shape index (κ1) is 29.3. The van der Waals surface area contributed by atoms with Crippen LogP contribution in [-0.2, 0) is 16.8 Å². The topological polar surface area (TPSA) is 51.2 Å². The summed E-state index contributed by atoms with van der Waals surface area (Å²) >= 11 is 5.92. The van der Waals surface area contributed by atoms with Gasteiger partial charge in [0.15, 0.2) is 5.78 Å². The molecule has 0 aliphatic carbocycles. The van der Waals surface area contributed by atoms with E-state index in [0.717, 1.165) is 12.1 Å². The Bertz CT molecular complexity index is 1240. The van der Waals surface area contributed by atoms with Crippen LogP contribution in [0.4, 0.5) is 35.1 Å². The number of hydrogen-bond donors (Lipinski definition) is 1. The monoisotopic (exact) mass is 566 g/mol. The van der Waals surface area contributed by atoms with E-state index in [2.05, 4.69) is 15.0 Å². The lowest BCUT2D eigenvalue weighted by molar-refractivity contribution is -0.253. The van der Waals surface area contributed by atoms with Crippen molar-refractivity contribution >= 4 is 17.4 Å². The summed E-state index contributed by atoms with van der Waals surface area (Å²) in [5, 5.41) is 2.85. The molecule has 0 fully saturated rings. The largest absolute Gasteiger partial charge is 0.461 e. The number of halogens is 9. The van der Waals surface area contributed by atoms with Crippen molar-refractivity contribution in [3.8, 4) is 5.75 Å². The number of ketones is 1. The molecular weight excluding hydrogens is 548 g/mol. The van der Waals surface area contributed by atoms with Crippen LogP contribution in [0, 0.1) is 5.82 Å². The number of benzene rings is 2. The Balaban J connectivity index is 2.20. The highest BCUT2D eigenvalue weighted by molar-refractivity contribution is 6.30. The number of carbonyl (C=O) groups excluding carboxylic acids is 1. The molecule has 1 unspecified atom stereocenters. The number of pyridine rings is 1. The van der Waals surface area contributed by atoms with E-state index in [1.54, 1.807) is 30.3 Å². The summed E-state index contributed by atoms with van der Waals surface area (Å²) in [7, 11) is 0. The van der Waals surface area contributed by atoms with Crippen molar-refractivity contribution < 1.29 is 44.7 Å². The maximum absolute atomic E-state index is 14.7. The van der Waals surface area contributed by atoms with E-state index >= 15 is 0 Å². The Morgan fingerprint density at radius 2 is 1.68 bits per heavy atom. The van der Waals surface area contributed by atoms with Gasteiger partial charge < -0.3 is 4.74 Å². The fourth-order valence-electron chi connectivity index (χ4n) is 3.73. The Morgan fingerprint density at radius 1 is 1.00 bits per heavy atom. The van der Waals surface area contributed by atoms with Crippen LogP contribution in [-0.4, -0.2) is 36.0 Å². The molecule has 0 amide bonds. The van der Waals surface area contributed by atoms with Gasteiger partial charge in [0.2, 0.25) is 0 Å². The van der Waals surface area contributed by atoms with Gasteiger partial charge in [-0.15, -0.1) is 0 Å². The van der Waals surface area contributed by atoms with E-state index < -0.39 is 54.6 Å². The lowest BCUT2D eigenvalue weighted by atomic mass is 9.80. The van der Waals surface area contributed by atoms with E-state index in [-0.39, 0.29) is 22.7 Å². The van der Waals surface area contributed by atoms with Crippen molar-refractivity contribution in [3.63, 3.8) is 0 Å². The number of nitrogens with one attached hydrogen (secondary N) is 1. The van der Waals surface area contributed by atoms with Gasteiger partial charge in [0, 0.05) is 18.7 Å². The SMILES string of the molecule is O=C(CNC(Cc1ccccc1)(c1cc(F)cc(OC(F)(F)C(F)F)c1)c1ccc(Cl)cn1)CC(F)(F)F. The van der Waals surface area contributed by atoms with Crippen LogP contribution >= 0.6 is 11.6 Å². The summed E-state index contributed by atoms with van der Waals surface area (Å²) in [4.78, 5) is 16.3.